The molecule has 0 bridgehead atoms. The van der Waals surface area contributed by atoms with Gasteiger partial charge in [0.1, 0.15) is 0 Å². The van der Waals surface area contributed by atoms with Gasteiger partial charge in [-0.1, -0.05) is 24.3 Å². The maximum absolute atomic E-state index is 11.9. The minimum Gasteiger partial charge on any atom is -0.357 e. The minimum atomic E-state index is -3.67. The summed E-state index contributed by atoms with van der Waals surface area (Å²) in [5, 5.41) is 11.6. The second-order valence-corrected chi connectivity index (χ2v) is 8.94. The van der Waals surface area contributed by atoms with E-state index >= 15 is 0 Å². The number of primary sulfonamides is 1. The molecule has 1 heterocycles. The van der Waals surface area contributed by atoms with E-state index in [4.69, 9.17) is 5.14 Å². The largest absolute Gasteiger partial charge is 0.357 e. The lowest BCUT2D eigenvalue weighted by molar-refractivity contribution is -0.117. The first-order chi connectivity index (χ1) is 14.9. The highest BCUT2D eigenvalue weighted by atomic mass is 32.2. The average Bonchev–Trinajstić information content (AvgIpc) is 3.18. The maximum Gasteiger partial charge on any atom is 0.238 e. The number of nitrogens with zero attached hydrogens (tertiary/aromatic N) is 2. The van der Waals surface area contributed by atoms with Crippen molar-refractivity contribution in [1.29, 1.82) is 0 Å². The number of aliphatic imine (C=N–C) groups is 1. The van der Waals surface area contributed by atoms with E-state index in [1.54, 1.807) is 12.1 Å². The van der Waals surface area contributed by atoms with Crippen molar-refractivity contribution in [3.8, 4) is 0 Å². The molecule has 166 valence electrons. The molecule has 1 aliphatic rings. The van der Waals surface area contributed by atoms with Crippen molar-refractivity contribution in [2.24, 2.45) is 10.1 Å². The summed E-state index contributed by atoms with van der Waals surface area (Å²) in [5.74, 6) is 0.895. The highest BCUT2D eigenvalue weighted by Crippen LogP contribution is 2.21. The van der Waals surface area contributed by atoms with E-state index in [2.05, 4.69) is 15.6 Å². The Kier molecular flexibility index (Phi) is 7.64. The van der Waals surface area contributed by atoms with Crippen LogP contribution in [0.25, 0.3) is 0 Å². The number of hydrogen-bond donors (Lipinski definition) is 3. The summed E-state index contributed by atoms with van der Waals surface area (Å²) in [6, 6.07) is 14.5. The molecule has 0 saturated carbocycles. The zero-order valence-corrected chi connectivity index (χ0v) is 18.5. The number of sulfonamides is 1. The Labute approximate surface area is 183 Å². The molecule has 1 saturated heterocycles. The summed E-state index contributed by atoms with van der Waals surface area (Å²) in [4.78, 5) is 18.4. The average molecular weight is 444 g/mol. The summed E-state index contributed by atoms with van der Waals surface area (Å²) in [6.07, 6.45) is 2.26. The lowest BCUT2D eigenvalue weighted by Gasteiger charge is -2.16. The number of hydrogen-bond acceptors (Lipinski definition) is 4. The highest BCUT2D eigenvalue weighted by molar-refractivity contribution is 7.89. The van der Waals surface area contributed by atoms with Crippen LogP contribution in [-0.4, -0.2) is 39.9 Å². The van der Waals surface area contributed by atoms with Crippen LogP contribution in [0, 0.1) is 0 Å². The quantitative estimate of drug-likeness (QED) is 0.425. The molecule has 8 nitrogen and oxygen atoms in total. The van der Waals surface area contributed by atoms with E-state index in [0.717, 1.165) is 36.3 Å². The van der Waals surface area contributed by atoms with Crippen molar-refractivity contribution in [2.75, 3.05) is 24.5 Å². The first-order valence-electron chi connectivity index (χ1n) is 10.4. The molecular weight excluding hydrogens is 414 g/mol. The highest BCUT2D eigenvalue weighted by Gasteiger charge is 2.21. The van der Waals surface area contributed by atoms with E-state index in [-0.39, 0.29) is 10.8 Å². The van der Waals surface area contributed by atoms with Gasteiger partial charge in [0, 0.05) is 31.7 Å². The van der Waals surface area contributed by atoms with Crippen molar-refractivity contribution < 1.29 is 13.2 Å². The number of carbonyl (C=O) groups is 1. The second-order valence-electron chi connectivity index (χ2n) is 7.38. The lowest BCUT2D eigenvalue weighted by Crippen LogP contribution is -2.38. The van der Waals surface area contributed by atoms with Crippen molar-refractivity contribution in [3.05, 3.63) is 59.7 Å². The number of nitrogens with one attached hydrogen (secondary N) is 2. The Hall–Kier alpha value is -2.91. The molecule has 4 N–H and O–H groups in total. The zero-order valence-electron chi connectivity index (χ0n) is 17.7. The van der Waals surface area contributed by atoms with Crippen LogP contribution in [-0.2, 0) is 27.8 Å². The molecule has 2 aromatic rings. The number of amides is 1. The minimum absolute atomic E-state index is 0.110. The number of anilines is 1. The molecule has 2 aromatic carbocycles. The van der Waals surface area contributed by atoms with Crippen LogP contribution < -0.4 is 20.7 Å². The molecule has 0 aromatic heterocycles. The third-order valence-electron chi connectivity index (χ3n) is 5.04. The number of carbonyl (C=O) groups excluding carboxylic acids is 1. The van der Waals surface area contributed by atoms with Gasteiger partial charge in [0.15, 0.2) is 5.96 Å². The third kappa shape index (κ3) is 6.53. The molecule has 3 rings (SSSR count). The summed E-state index contributed by atoms with van der Waals surface area (Å²) in [7, 11) is -3.67. The first kappa shape index (κ1) is 22.8. The van der Waals surface area contributed by atoms with Crippen LogP contribution in [0.15, 0.2) is 58.4 Å². The van der Waals surface area contributed by atoms with Crippen LogP contribution in [0.1, 0.15) is 30.9 Å². The molecular formula is C22H29N5O3S. The fourth-order valence-electron chi connectivity index (χ4n) is 3.39. The summed E-state index contributed by atoms with van der Waals surface area (Å²) >= 11 is 0. The maximum atomic E-state index is 11.9. The van der Waals surface area contributed by atoms with Crippen molar-refractivity contribution >= 4 is 27.6 Å². The Morgan fingerprint density at radius 3 is 2.32 bits per heavy atom. The molecule has 0 atom stereocenters. The number of nitrogens with two attached hydrogens (primary N) is 1. The Bertz CT molecular complexity index is 1020. The van der Waals surface area contributed by atoms with Gasteiger partial charge in [-0.25, -0.2) is 18.5 Å². The number of rotatable bonds is 8. The van der Waals surface area contributed by atoms with Crippen molar-refractivity contribution in [3.63, 3.8) is 0 Å². The Balaban J connectivity index is 1.53. The van der Waals surface area contributed by atoms with Gasteiger partial charge in [0.05, 0.1) is 11.4 Å². The summed E-state index contributed by atoms with van der Waals surface area (Å²) < 4.78 is 22.7. The molecule has 1 amide bonds. The predicted octanol–water partition coefficient (Wildman–Crippen LogP) is 1.76. The van der Waals surface area contributed by atoms with Crippen molar-refractivity contribution in [1.82, 2.24) is 10.6 Å². The molecule has 0 spiro atoms. The fraction of sp³-hybridized carbons (Fsp3) is 0.364. The van der Waals surface area contributed by atoms with Crippen LogP contribution in [0.5, 0.6) is 0 Å². The van der Waals surface area contributed by atoms with E-state index in [0.29, 0.717) is 31.9 Å². The molecule has 31 heavy (non-hydrogen) atoms. The van der Waals surface area contributed by atoms with Crippen LogP contribution in [0.2, 0.25) is 0 Å². The van der Waals surface area contributed by atoms with Gasteiger partial charge < -0.3 is 15.5 Å². The molecule has 0 unspecified atom stereocenters. The Morgan fingerprint density at radius 2 is 1.74 bits per heavy atom. The van der Waals surface area contributed by atoms with Gasteiger partial charge in [-0.2, -0.15) is 0 Å². The predicted molar refractivity (Wildman–Crippen MR) is 122 cm³/mol. The summed E-state index contributed by atoms with van der Waals surface area (Å²) in [6.45, 7) is 4.70. The van der Waals surface area contributed by atoms with E-state index < -0.39 is 10.0 Å². The van der Waals surface area contributed by atoms with Crippen LogP contribution >= 0.6 is 0 Å². The van der Waals surface area contributed by atoms with Gasteiger partial charge in [-0.05, 0) is 55.2 Å². The fourth-order valence-corrected chi connectivity index (χ4v) is 3.90. The standard InChI is InChI=1S/C22H29N5O3S/c1-2-24-22(25-14-13-17-7-11-20(12-8-17)31(23,29)30)26-16-18-5-9-19(10-6-18)27-15-3-4-21(27)28/h5-12H,2-4,13-16H2,1H3,(H2,23,29,30)(H2,24,25,26). The van der Waals surface area contributed by atoms with Crippen molar-refractivity contribution in [2.45, 2.75) is 37.6 Å². The number of benzene rings is 2. The second kappa shape index (κ2) is 10.4. The van der Waals surface area contributed by atoms with Gasteiger partial charge in [-0.15, -0.1) is 0 Å². The van der Waals surface area contributed by atoms with Crippen LogP contribution in [0.3, 0.4) is 0 Å². The molecule has 0 aliphatic carbocycles. The Morgan fingerprint density at radius 1 is 1.06 bits per heavy atom. The topological polar surface area (TPSA) is 117 Å². The van der Waals surface area contributed by atoms with Gasteiger partial charge in [-0.3, -0.25) is 4.79 Å². The normalized spacial score (nSPS) is 14.7. The van der Waals surface area contributed by atoms with Gasteiger partial charge >= 0.3 is 0 Å². The smallest absolute Gasteiger partial charge is 0.238 e. The van der Waals surface area contributed by atoms with E-state index in [1.165, 1.54) is 12.1 Å². The van der Waals surface area contributed by atoms with Gasteiger partial charge in [0.2, 0.25) is 15.9 Å². The van der Waals surface area contributed by atoms with Gasteiger partial charge in [0.25, 0.3) is 0 Å². The summed E-state index contributed by atoms with van der Waals surface area (Å²) in [5.41, 5.74) is 3.00. The lowest BCUT2D eigenvalue weighted by atomic mass is 10.1. The van der Waals surface area contributed by atoms with E-state index in [1.807, 2.05) is 36.1 Å². The first-order valence-corrected chi connectivity index (χ1v) is 11.9. The molecule has 1 aliphatic heterocycles. The SMILES string of the molecule is CCNC(=NCc1ccc(N2CCCC2=O)cc1)NCCc1ccc(S(N)(=O)=O)cc1. The van der Waals surface area contributed by atoms with E-state index in [9.17, 15) is 13.2 Å². The molecule has 1 fully saturated rings. The number of guanidine groups is 1. The van der Waals surface area contributed by atoms with Crippen LogP contribution in [0.4, 0.5) is 5.69 Å². The zero-order chi connectivity index (χ0) is 22.3. The molecule has 0 radical (unpaired) electrons. The third-order valence-corrected chi connectivity index (χ3v) is 5.97. The monoisotopic (exact) mass is 443 g/mol. The molecule has 9 heteroatoms.